The van der Waals surface area contributed by atoms with Crippen LogP contribution in [-0.2, 0) is 12.8 Å². The molecule has 4 nitrogen and oxygen atoms in total. The topological polar surface area (TPSA) is 72.0 Å². The zero-order valence-electron chi connectivity index (χ0n) is 11.6. The molecule has 0 amide bonds. The second-order valence-electron chi connectivity index (χ2n) is 5.62. The lowest BCUT2D eigenvalue weighted by atomic mass is 9.77. The molecule has 0 bridgehead atoms. The van der Waals surface area contributed by atoms with E-state index in [9.17, 15) is 5.11 Å². The number of aryl methyl sites for hydroxylation is 1. The highest BCUT2D eigenvalue weighted by Gasteiger charge is 2.43. The standard InChI is InChI=1S/C16H19N3O/c1-11-18-7-6-14(19-11)15(20)16(10-17)8-12-4-2-3-5-13(12)9-16/h2-7,15,20H,8-10,17H2,1H3. The Labute approximate surface area is 118 Å². The maximum absolute atomic E-state index is 10.8. The summed E-state index contributed by atoms with van der Waals surface area (Å²) in [6, 6.07) is 10.1. The number of aromatic nitrogens is 2. The van der Waals surface area contributed by atoms with Gasteiger partial charge in [0.25, 0.3) is 0 Å². The minimum Gasteiger partial charge on any atom is -0.386 e. The summed E-state index contributed by atoms with van der Waals surface area (Å²) in [6.07, 6.45) is 2.61. The Kier molecular flexibility index (Phi) is 3.28. The predicted molar refractivity (Wildman–Crippen MR) is 77.1 cm³/mol. The molecule has 1 aliphatic rings. The third-order valence-corrected chi connectivity index (χ3v) is 4.27. The van der Waals surface area contributed by atoms with Gasteiger partial charge in [-0.05, 0) is 37.0 Å². The third kappa shape index (κ3) is 2.11. The number of aliphatic hydroxyl groups is 1. The second kappa shape index (κ2) is 4.96. The van der Waals surface area contributed by atoms with Crippen molar-refractivity contribution < 1.29 is 5.11 Å². The first-order valence-electron chi connectivity index (χ1n) is 6.89. The average Bonchev–Trinajstić information content (AvgIpc) is 2.86. The molecule has 3 rings (SSSR count). The quantitative estimate of drug-likeness (QED) is 0.887. The first-order valence-corrected chi connectivity index (χ1v) is 6.89. The van der Waals surface area contributed by atoms with Gasteiger partial charge in [-0.15, -0.1) is 0 Å². The van der Waals surface area contributed by atoms with Crippen LogP contribution in [0.4, 0.5) is 0 Å². The minimum atomic E-state index is -0.665. The van der Waals surface area contributed by atoms with E-state index < -0.39 is 6.10 Å². The number of aliphatic hydroxyl groups excluding tert-OH is 1. The summed E-state index contributed by atoms with van der Waals surface area (Å²) in [4.78, 5) is 8.44. The van der Waals surface area contributed by atoms with Crippen molar-refractivity contribution in [2.75, 3.05) is 6.54 Å². The third-order valence-electron chi connectivity index (χ3n) is 4.27. The molecular weight excluding hydrogens is 250 g/mol. The van der Waals surface area contributed by atoms with Crippen molar-refractivity contribution in [3.8, 4) is 0 Å². The van der Waals surface area contributed by atoms with E-state index in [1.54, 1.807) is 12.3 Å². The summed E-state index contributed by atoms with van der Waals surface area (Å²) in [5.74, 6) is 0.671. The van der Waals surface area contributed by atoms with E-state index in [-0.39, 0.29) is 5.41 Å². The molecule has 1 atom stereocenters. The Morgan fingerprint density at radius 3 is 2.45 bits per heavy atom. The van der Waals surface area contributed by atoms with E-state index in [4.69, 9.17) is 5.73 Å². The summed E-state index contributed by atoms with van der Waals surface area (Å²) in [7, 11) is 0. The Balaban J connectivity index is 1.95. The van der Waals surface area contributed by atoms with Gasteiger partial charge in [-0.25, -0.2) is 9.97 Å². The molecule has 3 N–H and O–H groups in total. The van der Waals surface area contributed by atoms with Crippen LogP contribution in [0.5, 0.6) is 0 Å². The van der Waals surface area contributed by atoms with Crippen molar-refractivity contribution in [3.05, 3.63) is 59.2 Å². The largest absolute Gasteiger partial charge is 0.386 e. The summed E-state index contributed by atoms with van der Waals surface area (Å²) in [5, 5.41) is 10.8. The molecule has 1 aliphatic carbocycles. The molecule has 2 aromatic rings. The molecular formula is C16H19N3O. The number of nitrogens with zero attached hydrogens (tertiary/aromatic N) is 2. The maximum atomic E-state index is 10.8. The van der Waals surface area contributed by atoms with Crippen LogP contribution in [0.25, 0.3) is 0 Å². The van der Waals surface area contributed by atoms with E-state index in [2.05, 4.69) is 22.1 Å². The SMILES string of the molecule is Cc1nccc(C(O)C2(CN)Cc3ccccc3C2)n1. The number of fused-ring (bicyclic) bond motifs is 1. The number of benzene rings is 1. The van der Waals surface area contributed by atoms with E-state index in [1.807, 2.05) is 19.1 Å². The van der Waals surface area contributed by atoms with E-state index in [0.29, 0.717) is 18.1 Å². The smallest absolute Gasteiger partial charge is 0.125 e. The molecule has 4 heteroatoms. The van der Waals surface area contributed by atoms with Gasteiger partial charge in [0.15, 0.2) is 0 Å². The predicted octanol–water partition coefficient (Wildman–Crippen LogP) is 1.56. The summed E-state index contributed by atoms with van der Waals surface area (Å²) in [5.41, 5.74) is 8.89. The molecule has 0 spiro atoms. The molecule has 0 fully saturated rings. The zero-order valence-corrected chi connectivity index (χ0v) is 11.6. The van der Waals surface area contributed by atoms with Crippen molar-refractivity contribution in [1.82, 2.24) is 9.97 Å². The molecule has 1 unspecified atom stereocenters. The molecule has 0 radical (unpaired) electrons. The van der Waals surface area contributed by atoms with Gasteiger partial charge in [0.2, 0.25) is 0 Å². The van der Waals surface area contributed by atoms with Gasteiger partial charge < -0.3 is 10.8 Å². The van der Waals surface area contributed by atoms with Gasteiger partial charge in [0.05, 0.1) is 5.69 Å². The lowest BCUT2D eigenvalue weighted by Gasteiger charge is -2.32. The lowest BCUT2D eigenvalue weighted by Crippen LogP contribution is -2.38. The summed E-state index contributed by atoms with van der Waals surface area (Å²) in [6.45, 7) is 2.26. The van der Waals surface area contributed by atoms with E-state index in [1.165, 1.54) is 11.1 Å². The molecule has 20 heavy (non-hydrogen) atoms. The number of hydrogen-bond donors (Lipinski definition) is 2. The number of rotatable bonds is 3. The van der Waals surface area contributed by atoms with Crippen LogP contribution in [0.1, 0.15) is 28.7 Å². The Hall–Kier alpha value is -1.78. The van der Waals surface area contributed by atoms with Gasteiger partial charge in [-0.2, -0.15) is 0 Å². The molecule has 0 saturated heterocycles. The Morgan fingerprint density at radius 2 is 1.90 bits per heavy atom. The highest BCUT2D eigenvalue weighted by molar-refractivity contribution is 5.36. The first-order chi connectivity index (χ1) is 9.64. The van der Waals surface area contributed by atoms with Crippen molar-refractivity contribution in [2.24, 2.45) is 11.1 Å². The summed E-state index contributed by atoms with van der Waals surface area (Å²) < 4.78 is 0. The van der Waals surface area contributed by atoms with Crippen molar-refractivity contribution in [1.29, 1.82) is 0 Å². The fourth-order valence-corrected chi connectivity index (χ4v) is 3.11. The molecule has 1 aromatic heterocycles. The second-order valence-corrected chi connectivity index (χ2v) is 5.62. The van der Waals surface area contributed by atoms with Crippen LogP contribution < -0.4 is 5.73 Å². The van der Waals surface area contributed by atoms with Crippen LogP contribution in [-0.4, -0.2) is 21.6 Å². The van der Waals surface area contributed by atoms with E-state index >= 15 is 0 Å². The van der Waals surface area contributed by atoms with Gasteiger partial charge in [0.1, 0.15) is 11.9 Å². The Bertz CT molecular complexity index is 602. The van der Waals surface area contributed by atoms with Crippen LogP contribution in [0.15, 0.2) is 36.5 Å². The van der Waals surface area contributed by atoms with Gasteiger partial charge >= 0.3 is 0 Å². The van der Waals surface area contributed by atoms with Crippen LogP contribution in [0, 0.1) is 12.3 Å². The normalized spacial score (nSPS) is 17.8. The molecule has 104 valence electrons. The molecule has 1 aromatic carbocycles. The van der Waals surface area contributed by atoms with E-state index in [0.717, 1.165) is 12.8 Å². The molecule has 1 heterocycles. The first kappa shape index (κ1) is 13.2. The van der Waals surface area contributed by atoms with Crippen LogP contribution in [0.2, 0.25) is 0 Å². The van der Waals surface area contributed by atoms with Gasteiger partial charge in [-0.1, -0.05) is 24.3 Å². The number of hydrogen-bond acceptors (Lipinski definition) is 4. The highest BCUT2D eigenvalue weighted by Crippen LogP contribution is 2.44. The maximum Gasteiger partial charge on any atom is 0.125 e. The fourth-order valence-electron chi connectivity index (χ4n) is 3.11. The lowest BCUT2D eigenvalue weighted by molar-refractivity contribution is 0.0322. The fraction of sp³-hybridized carbons (Fsp3) is 0.375. The Morgan fingerprint density at radius 1 is 1.25 bits per heavy atom. The van der Waals surface area contributed by atoms with Gasteiger partial charge in [0, 0.05) is 18.2 Å². The monoisotopic (exact) mass is 269 g/mol. The summed E-state index contributed by atoms with van der Waals surface area (Å²) >= 11 is 0. The van der Waals surface area contributed by atoms with Crippen LogP contribution in [0.3, 0.4) is 0 Å². The average molecular weight is 269 g/mol. The zero-order chi connectivity index (χ0) is 14.2. The van der Waals surface area contributed by atoms with Gasteiger partial charge in [-0.3, -0.25) is 0 Å². The van der Waals surface area contributed by atoms with Crippen molar-refractivity contribution in [3.63, 3.8) is 0 Å². The molecule has 0 aliphatic heterocycles. The van der Waals surface area contributed by atoms with Crippen molar-refractivity contribution in [2.45, 2.75) is 25.9 Å². The van der Waals surface area contributed by atoms with Crippen LogP contribution >= 0.6 is 0 Å². The van der Waals surface area contributed by atoms with Crippen molar-refractivity contribution >= 4 is 0 Å². The molecule has 0 saturated carbocycles. The number of nitrogens with two attached hydrogens (primary N) is 1. The minimum absolute atomic E-state index is 0.357. The highest BCUT2D eigenvalue weighted by atomic mass is 16.3.